The third-order valence-electron chi connectivity index (χ3n) is 17.4. The lowest BCUT2D eigenvalue weighted by Gasteiger charge is -2.08. The van der Waals surface area contributed by atoms with Crippen LogP contribution in [0.3, 0.4) is 0 Å². The van der Waals surface area contributed by atoms with E-state index in [0.29, 0.717) is 65.6 Å². The number of benzene rings is 10. The molecule has 580 valence electrons. The molecule has 0 aliphatic heterocycles. The van der Waals surface area contributed by atoms with Crippen LogP contribution in [-0.2, 0) is 11.2 Å². The zero-order valence-electron chi connectivity index (χ0n) is 61.4. The number of thioether (sulfide) groups is 4. The van der Waals surface area contributed by atoms with Gasteiger partial charge in [0.15, 0.2) is 23.1 Å². The van der Waals surface area contributed by atoms with Crippen molar-refractivity contribution in [1.82, 2.24) is 80.8 Å². The van der Waals surface area contributed by atoms with Crippen LogP contribution in [0.2, 0.25) is 0 Å². The van der Waals surface area contributed by atoms with Gasteiger partial charge in [-0.1, -0.05) is 174 Å². The Hall–Kier alpha value is -14.1. The summed E-state index contributed by atoms with van der Waals surface area (Å²) >= 11 is 4.86. The average Bonchev–Trinajstić information content (AvgIpc) is 1.62. The van der Waals surface area contributed by atoms with E-state index in [1.54, 1.807) is 79.7 Å². The minimum absolute atomic E-state index is 0.00646. The molecule has 34 heteroatoms. The highest BCUT2D eigenvalue weighted by Gasteiger charge is 2.25. The number of carboxylic acid groups (broad SMARTS) is 4. The van der Waals surface area contributed by atoms with Crippen LogP contribution >= 0.6 is 47.0 Å². The van der Waals surface area contributed by atoms with Crippen LogP contribution in [0.1, 0.15) is 122 Å². The normalized spacial score (nSPS) is 10.9. The largest absolute Gasteiger partial charge is 0.478 e. The summed E-state index contributed by atoms with van der Waals surface area (Å²) in [6, 6.07) is 68.3. The van der Waals surface area contributed by atoms with Crippen LogP contribution < -0.4 is 0 Å². The molecule has 0 atom stereocenters. The summed E-state index contributed by atoms with van der Waals surface area (Å²) < 4.78 is 10.8. The summed E-state index contributed by atoms with van der Waals surface area (Å²) in [5.74, 6) is -3.95. The molecule has 1 aliphatic rings. The molecule has 0 radical (unpaired) electrons. The first-order chi connectivity index (χ1) is 56.2. The van der Waals surface area contributed by atoms with E-state index in [9.17, 15) is 43.2 Å². The predicted octanol–water partition coefficient (Wildman–Crippen LogP) is 13.4. The second-order valence-electron chi connectivity index (χ2n) is 25.0. The van der Waals surface area contributed by atoms with Gasteiger partial charge in [0.25, 0.3) is 0 Å². The topological polar surface area (TPSA) is 418 Å². The zero-order valence-corrected chi connectivity index (χ0v) is 64.7. The Balaban J connectivity index is 0.000000143. The van der Waals surface area contributed by atoms with Gasteiger partial charge in [-0.15, -0.1) is 20.4 Å². The number of tetrazole rings is 4. The summed E-state index contributed by atoms with van der Waals surface area (Å²) in [6.45, 7) is 5.86. The number of Topliss-reactive ketones (excluding diaryl/α,β-unsaturated/α-hetero) is 4. The third kappa shape index (κ3) is 20.4. The smallest absolute Gasteiger partial charge is 0.338 e. The summed E-state index contributed by atoms with van der Waals surface area (Å²) in [5.41, 5.74) is 14.7. The molecule has 4 heterocycles. The number of esters is 1. The third-order valence-corrected chi connectivity index (χ3v) is 21.1. The molecule has 30 nitrogen and oxygen atoms in total. The fourth-order valence-electron chi connectivity index (χ4n) is 11.5. The molecule has 0 unspecified atom stereocenters. The molecular formula is C82H64N16O14S4. The van der Waals surface area contributed by atoms with E-state index in [-0.39, 0.29) is 75.0 Å². The van der Waals surface area contributed by atoms with Crippen molar-refractivity contribution in [2.45, 2.75) is 47.8 Å². The molecule has 0 saturated carbocycles. The van der Waals surface area contributed by atoms with Gasteiger partial charge in [-0.05, 0) is 223 Å². The van der Waals surface area contributed by atoms with E-state index in [4.69, 9.17) is 25.2 Å². The predicted molar refractivity (Wildman–Crippen MR) is 430 cm³/mol. The monoisotopic (exact) mass is 1620 g/mol. The summed E-state index contributed by atoms with van der Waals surface area (Å²) in [4.78, 5) is 106. The molecule has 0 amide bonds. The Morgan fingerprint density at radius 1 is 0.353 bits per heavy atom. The fourth-order valence-corrected chi connectivity index (χ4v) is 14.6. The number of aryl methyl sites for hydroxylation is 2. The maximum atomic E-state index is 13.1. The van der Waals surface area contributed by atoms with Gasteiger partial charge in [0.1, 0.15) is 0 Å². The van der Waals surface area contributed by atoms with Gasteiger partial charge in [-0.3, -0.25) is 19.2 Å². The van der Waals surface area contributed by atoms with Crippen molar-refractivity contribution in [2.75, 3.05) is 29.6 Å². The van der Waals surface area contributed by atoms with Crippen molar-refractivity contribution in [2.24, 2.45) is 0 Å². The first-order valence-electron chi connectivity index (χ1n) is 35.0. The molecule has 4 N–H and O–H groups in total. The van der Waals surface area contributed by atoms with E-state index in [1.165, 1.54) is 114 Å². The SMILES string of the molecule is CCOC(=O)c1ccc(C(=O)CSc2nnnn2-c2ccc(C(=O)O)cc2)cc1.Cc1ccc(C)c(C(=O)CSc2nnnn2-c2ccc(C(=O)O)cc2)c1.O=C(O)c1ccc(-n2nnnc2SCC(=O)c2ccc(-c3ccccc3)cc2)cc1.O=C(O)c1ccc(-n2nnnc2SCC(=O)c2cccc3c2Cc2ccccc2-3)cc1. The summed E-state index contributed by atoms with van der Waals surface area (Å²) in [7, 11) is 0. The van der Waals surface area contributed by atoms with Gasteiger partial charge in [-0.2, -0.15) is 18.7 Å². The number of ketones is 4. The van der Waals surface area contributed by atoms with Gasteiger partial charge in [0.05, 0.1) is 80.2 Å². The number of hydrogen-bond acceptors (Lipinski definition) is 26. The second-order valence-corrected chi connectivity index (χ2v) is 28.7. The van der Waals surface area contributed by atoms with Crippen LogP contribution in [0.4, 0.5) is 0 Å². The Bertz CT molecular complexity index is 5930. The maximum absolute atomic E-state index is 13.1. The van der Waals surface area contributed by atoms with E-state index in [0.717, 1.165) is 57.1 Å². The Morgan fingerprint density at radius 2 is 0.698 bits per heavy atom. The molecule has 1 aliphatic carbocycles. The second kappa shape index (κ2) is 38.4. The van der Waals surface area contributed by atoms with Crippen molar-refractivity contribution in [3.05, 3.63) is 309 Å². The van der Waals surface area contributed by atoms with Crippen molar-refractivity contribution in [3.8, 4) is 45.0 Å². The van der Waals surface area contributed by atoms with Crippen molar-refractivity contribution < 1.29 is 68.3 Å². The highest BCUT2D eigenvalue weighted by Crippen LogP contribution is 2.39. The van der Waals surface area contributed by atoms with Gasteiger partial charge in [0.2, 0.25) is 20.6 Å². The lowest BCUT2D eigenvalue weighted by molar-refractivity contribution is 0.0523. The number of rotatable bonds is 27. The lowest BCUT2D eigenvalue weighted by Crippen LogP contribution is -2.08. The number of nitrogens with zero attached hydrogens (tertiary/aromatic N) is 16. The number of carboxylic acids is 4. The number of carbonyl (C=O) groups is 9. The van der Waals surface area contributed by atoms with E-state index < -0.39 is 29.8 Å². The molecule has 15 rings (SSSR count). The standard InChI is InChI=1S/C23H16N4O3S.C22H16N4O3S.C19H16N4O5S.C18H16N4O3S/c28-21(19-7-3-6-18-17-5-2-1-4-15(17)12-20(18)19)13-31-23-24-25-26-27(23)16-10-8-14(9-11-16)22(29)30;27-20(17-8-6-16(7-9-17)15-4-2-1-3-5-15)14-30-22-23-24-25-26(22)19-12-10-18(11-13-19)21(28)29;1-2-28-18(27)14-5-3-12(4-6-14)16(24)11-29-19-20-21-22-23(19)15-9-7-13(8-10-15)17(25)26;1-11-3-4-12(2)15(9-11)16(23)10-26-18-19-20-21-22(18)14-7-5-13(6-8-14)17(24)25/h1-11H,12-13H2,(H,29,30);1-13H,14H2,(H,28,29);3-10H,2,11H2,1H3,(H,25,26);3-9H,10H2,1-2H3,(H,24,25). The number of hydrogen-bond donors (Lipinski definition) is 4. The molecule has 0 bridgehead atoms. The van der Waals surface area contributed by atoms with E-state index in [1.807, 2.05) is 111 Å². The lowest BCUT2D eigenvalue weighted by atomic mass is 9.99. The summed E-state index contributed by atoms with van der Waals surface area (Å²) in [5, 5.41) is 84.0. The van der Waals surface area contributed by atoms with Crippen LogP contribution in [0, 0.1) is 13.8 Å². The zero-order chi connectivity index (χ0) is 81.8. The van der Waals surface area contributed by atoms with Gasteiger partial charge < -0.3 is 25.2 Å². The number of aromatic carboxylic acids is 4. The number of aromatic nitrogens is 16. The summed E-state index contributed by atoms with van der Waals surface area (Å²) in [6.07, 6.45) is 0.756. The molecule has 10 aromatic carbocycles. The van der Waals surface area contributed by atoms with E-state index >= 15 is 0 Å². The van der Waals surface area contributed by atoms with Gasteiger partial charge >= 0.3 is 29.8 Å². The van der Waals surface area contributed by atoms with Gasteiger partial charge in [-0.25, -0.2) is 24.0 Å². The Kier molecular flexibility index (Phi) is 27.0. The average molecular weight is 1630 g/mol. The quantitative estimate of drug-likeness (QED) is 0.0211. The molecule has 0 spiro atoms. The highest BCUT2D eigenvalue weighted by molar-refractivity contribution is 8.00. The minimum Gasteiger partial charge on any atom is -0.478 e. The number of fused-ring (bicyclic) bond motifs is 3. The number of ether oxygens (including phenoxy) is 1. The first kappa shape index (κ1) is 81.4. The van der Waals surface area contributed by atoms with E-state index in [2.05, 4.69) is 80.3 Å². The molecule has 116 heavy (non-hydrogen) atoms. The van der Waals surface area contributed by atoms with Crippen LogP contribution in [-0.4, -0.2) is 184 Å². The maximum Gasteiger partial charge on any atom is 0.338 e. The van der Waals surface area contributed by atoms with Crippen LogP contribution in [0.25, 0.3) is 45.0 Å². The molecule has 4 aromatic heterocycles. The number of carbonyl (C=O) groups excluding carboxylic acids is 5. The fraction of sp³-hybridized carbons (Fsp3) is 0.110. The van der Waals surface area contributed by atoms with Crippen LogP contribution in [0.5, 0.6) is 0 Å². The highest BCUT2D eigenvalue weighted by atomic mass is 32.2. The van der Waals surface area contributed by atoms with Crippen molar-refractivity contribution >= 4 is 100 Å². The van der Waals surface area contributed by atoms with Gasteiger partial charge in [0, 0.05) is 22.3 Å². The van der Waals surface area contributed by atoms with Crippen molar-refractivity contribution in [1.29, 1.82) is 0 Å². The van der Waals surface area contributed by atoms with Crippen LogP contribution in [0.15, 0.2) is 257 Å². The minimum atomic E-state index is -1.03. The molecule has 0 fully saturated rings. The molecule has 14 aromatic rings. The van der Waals surface area contributed by atoms with Crippen molar-refractivity contribution in [3.63, 3.8) is 0 Å². The molecular weight excluding hydrogens is 1560 g/mol. The Labute approximate surface area is 676 Å². The molecule has 0 saturated heterocycles. The Morgan fingerprint density at radius 3 is 1.10 bits per heavy atom. The first-order valence-corrected chi connectivity index (χ1v) is 38.9.